The molecule has 0 spiro atoms. The van der Waals surface area contributed by atoms with Gasteiger partial charge >= 0.3 is 0 Å². The maximum Gasteiger partial charge on any atom is 0.0668 e. The molecule has 1 N–H and O–H groups in total. The maximum absolute atomic E-state index is 5.57. The summed E-state index contributed by atoms with van der Waals surface area (Å²) < 4.78 is 5.57. The van der Waals surface area contributed by atoms with E-state index in [0.717, 1.165) is 26.2 Å². The SMILES string of the molecule is CCC[C@@H]1Cc2ccccc2[C@](C)(NCCOCC)c2ccccc21. The molecule has 0 heterocycles. The molecule has 0 saturated carbocycles. The minimum absolute atomic E-state index is 0.174. The zero-order valence-electron chi connectivity index (χ0n) is 15.8. The van der Waals surface area contributed by atoms with Crippen molar-refractivity contribution in [2.75, 3.05) is 19.8 Å². The highest BCUT2D eigenvalue weighted by molar-refractivity contribution is 5.50. The van der Waals surface area contributed by atoms with E-state index in [-0.39, 0.29) is 5.54 Å². The molecule has 1 aliphatic carbocycles. The van der Waals surface area contributed by atoms with Crippen LogP contribution in [0.1, 0.15) is 61.8 Å². The number of fused-ring (bicyclic) bond motifs is 2. The summed E-state index contributed by atoms with van der Waals surface area (Å²) in [5.41, 5.74) is 5.65. The Morgan fingerprint density at radius 2 is 1.76 bits per heavy atom. The molecule has 0 aromatic heterocycles. The topological polar surface area (TPSA) is 21.3 Å². The standard InChI is InChI=1S/C23H31NO/c1-4-10-18-17-19-11-6-8-13-21(19)23(3,24-15-16-25-5-2)22-14-9-7-12-20(18)22/h6-9,11-14,18,24H,4-5,10,15-17H2,1-3H3/t18-,23+/m1/s1. The Morgan fingerprint density at radius 3 is 2.52 bits per heavy atom. The summed E-state index contributed by atoms with van der Waals surface area (Å²) in [4.78, 5) is 0. The third-order valence-electron chi connectivity index (χ3n) is 5.53. The Morgan fingerprint density at radius 1 is 1.04 bits per heavy atom. The molecule has 134 valence electrons. The van der Waals surface area contributed by atoms with E-state index >= 15 is 0 Å². The first-order chi connectivity index (χ1) is 12.2. The van der Waals surface area contributed by atoms with E-state index in [2.05, 4.69) is 67.7 Å². The first-order valence-corrected chi connectivity index (χ1v) is 9.71. The molecule has 2 heteroatoms. The lowest BCUT2D eigenvalue weighted by molar-refractivity contribution is 0.143. The normalized spacial score (nSPS) is 22.1. The number of benzene rings is 2. The Hall–Kier alpha value is -1.64. The number of hydrogen-bond acceptors (Lipinski definition) is 2. The quantitative estimate of drug-likeness (QED) is 0.717. The molecule has 0 amide bonds. The van der Waals surface area contributed by atoms with Crippen molar-refractivity contribution in [1.29, 1.82) is 0 Å². The van der Waals surface area contributed by atoms with Gasteiger partial charge in [-0.2, -0.15) is 0 Å². The second-order valence-corrected chi connectivity index (χ2v) is 7.18. The van der Waals surface area contributed by atoms with Crippen molar-refractivity contribution in [3.8, 4) is 0 Å². The van der Waals surface area contributed by atoms with Crippen LogP contribution in [0.3, 0.4) is 0 Å². The molecule has 0 aliphatic heterocycles. The lowest BCUT2D eigenvalue weighted by Crippen LogP contribution is -2.43. The van der Waals surface area contributed by atoms with Gasteiger partial charge in [-0.3, -0.25) is 0 Å². The van der Waals surface area contributed by atoms with Crippen molar-refractivity contribution in [1.82, 2.24) is 5.32 Å². The lowest BCUT2D eigenvalue weighted by atomic mass is 9.81. The van der Waals surface area contributed by atoms with Gasteiger partial charge in [-0.25, -0.2) is 0 Å². The van der Waals surface area contributed by atoms with E-state index < -0.39 is 0 Å². The minimum Gasteiger partial charge on any atom is -0.380 e. The summed E-state index contributed by atoms with van der Waals surface area (Å²) >= 11 is 0. The van der Waals surface area contributed by atoms with Crippen LogP contribution in [0, 0.1) is 0 Å². The van der Waals surface area contributed by atoms with Gasteiger partial charge in [0.2, 0.25) is 0 Å². The van der Waals surface area contributed by atoms with Gasteiger partial charge in [-0.1, -0.05) is 61.9 Å². The van der Waals surface area contributed by atoms with E-state index in [4.69, 9.17) is 4.74 Å². The second kappa shape index (κ2) is 8.16. The van der Waals surface area contributed by atoms with Crippen LogP contribution in [0.4, 0.5) is 0 Å². The van der Waals surface area contributed by atoms with Crippen molar-refractivity contribution in [3.63, 3.8) is 0 Å². The monoisotopic (exact) mass is 337 g/mol. The van der Waals surface area contributed by atoms with Crippen LogP contribution in [0.2, 0.25) is 0 Å². The Bertz CT molecular complexity index is 696. The van der Waals surface area contributed by atoms with Crippen molar-refractivity contribution < 1.29 is 4.74 Å². The highest BCUT2D eigenvalue weighted by Crippen LogP contribution is 2.42. The molecule has 0 unspecified atom stereocenters. The summed E-state index contributed by atoms with van der Waals surface area (Å²) in [6, 6.07) is 18.0. The van der Waals surface area contributed by atoms with Gasteiger partial charge in [-0.15, -0.1) is 0 Å². The molecule has 2 nitrogen and oxygen atoms in total. The largest absolute Gasteiger partial charge is 0.380 e. The molecule has 0 saturated heterocycles. The Balaban J connectivity index is 2.07. The van der Waals surface area contributed by atoms with E-state index in [1.54, 1.807) is 0 Å². The molecule has 2 atom stereocenters. The van der Waals surface area contributed by atoms with Gasteiger partial charge in [0.05, 0.1) is 12.1 Å². The van der Waals surface area contributed by atoms with Crippen LogP contribution in [0.15, 0.2) is 48.5 Å². The molecule has 2 aromatic rings. The zero-order chi connectivity index (χ0) is 17.7. The first kappa shape index (κ1) is 18.2. The molecular formula is C23H31NO. The van der Waals surface area contributed by atoms with E-state index in [0.29, 0.717) is 5.92 Å². The summed E-state index contributed by atoms with van der Waals surface area (Å²) in [5, 5.41) is 3.82. The van der Waals surface area contributed by atoms with Crippen molar-refractivity contribution >= 4 is 0 Å². The van der Waals surface area contributed by atoms with Gasteiger partial charge < -0.3 is 10.1 Å². The predicted octanol–water partition coefficient (Wildman–Crippen LogP) is 5.02. The Kier molecular flexibility index (Phi) is 5.93. The maximum atomic E-state index is 5.57. The van der Waals surface area contributed by atoms with Crippen LogP contribution < -0.4 is 5.32 Å². The van der Waals surface area contributed by atoms with E-state index in [1.807, 2.05) is 6.92 Å². The van der Waals surface area contributed by atoms with E-state index in [1.165, 1.54) is 35.1 Å². The van der Waals surface area contributed by atoms with Crippen LogP contribution in [0.5, 0.6) is 0 Å². The molecule has 0 bridgehead atoms. The molecule has 2 aromatic carbocycles. The minimum atomic E-state index is -0.174. The summed E-state index contributed by atoms with van der Waals surface area (Å²) in [7, 11) is 0. The van der Waals surface area contributed by atoms with Crippen LogP contribution in [-0.4, -0.2) is 19.8 Å². The third-order valence-corrected chi connectivity index (χ3v) is 5.53. The molecular weight excluding hydrogens is 306 g/mol. The van der Waals surface area contributed by atoms with Gasteiger partial charge in [0, 0.05) is 13.2 Å². The number of rotatable bonds is 7. The average molecular weight is 338 g/mol. The number of hydrogen-bond donors (Lipinski definition) is 1. The molecule has 0 radical (unpaired) electrons. The highest BCUT2D eigenvalue weighted by atomic mass is 16.5. The number of nitrogens with one attached hydrogen (secondary N) is 1. The van der Waals surface area contributed by atoms with Crippen LogP contribution in [0.25, 0.3) is 0 Å². The first-order valence-electron chi connectivity index (χ1n) is 9.71. The fraction of sp³-hybridized carbons (Fsp3) is 0.478. The van der Waals surface area contributed by atoms with Gasteiger partial charge in [0.25, 0.3) is 0 Å². The number of ether oxygens (including phenoxy) is 1. The van der Waals surface area contributed by atoms with Crippen molar-refractivity contribution in [3.05, 3.63) is 70.8 Å². The van der Waals surface area contributed by atoms with Crippen molar-refractivity contribution in [2.45, 2.75) is 51.5 Å². The van der Waals surface area contributed by atoms with Crippen molar-refractivity contribution in [2.24, 2.45) is 0 Å². The predicted molar refractivity (Wildman–Crippen MR) is 105 cm³/mol. The molecule has 1 aliphatic rings. The second-order valence-electron chi connectivity index (χ2n) is 7.18. The fourth-order valence-corrected chi connectivity index (χ4v) is 4.33. The van der Waals surface area contributed by atoms with E-state index in [9.17, 15) is 0 Å². The molecule has 25 heavy (non-hydrogen) atoms. The fourth-order valence-electron chi connectivity index (χ4n) is 4.33. The van der Waals surface area contributed by atoms with Gasteiger partial charge in [-0.05, 0) is 54.9 Å². The Labute approximate surface area is 152 Å². The highest BCUT2D eigenvalue weighted by Gasteiger charge is 2.36. The lowest BCUT2D eigenvalue weighted by Gasteiger charge is -2.34. The average Bonchev–Trinajstić information content (AvgIpc) is 2.74. The molecule has 3 rings (SSSR count). The summed E-state index contributed by atoms with van der Waals surface area (Å²) in [6.07, 6.45) is 3.58. The van der Waals surface area contributed by atoms with Gasteiger partial charge in [0.15, 0.2) is 0 Å². The van der Waals surface area contributed by atoms with Crippen LogP contribution >= 0.6 is 0 Å². The van der Waals surface area contributed by atoms with Crippen LogP contribution in [-0.2, 0) is 16.7 Å². The molecule has 0 fully saturated rings. The third kappa shape index (κ3) is 3.65. The van der Waals surface area contributed by atoms with Gasteiger partial charge in [0.1, 0.15) is 0 Å². The zero-order valence-corrected chi connectivity index (χ0v) is 15.8. The summed E-state index contributed by atoms with van der Waals surface area (Å²) in [5.74, 6) is 0.595. The smallest absolute Gasteiger partial charge is 0.0668 e. The summed E-state index contributed by atoms with van der Waals surface area (Å²) in [6.45, 7) is 9.04.